The lowest BCUT2D eigenvalue weighted by Gasteiger charge is -2.16. The number of nitrogens with zero attached hydrogens (tertiary/aromatic N) is 2. The van der Waals surface area contributed by atoms with E-state index in [1.807, 2.05) is 30.5 Å². The molecule has 4 amide bonds. The lowest BCUT2D eigenvalue weighted by molar-refractivity contribution is -0.130. The number of anilines is 1. The van der Waals surface area contributed by atoms with Crippen molar-refractivity contribution >= 4 is 44.5 Å². The van der Waals surface area contributed by atoms with Gasteiger partial charge >= 0.3 is 6.03 Å². The van der Waals surface area contributed by atoms with Gasteiger partial charge in [0.05, 0.1) is 4.90 Å². The summed E-state index contributed by atoms with van der Waals surface area (Å²) in [6, 6.07) is 12.2. The third kappa shape index (κ3) is 4.52. The third-order valence-corrected chi connectivity index (χ3v) is 8.22. The Hall–Kier alpha value is -3.70. The van der Waals surface area contributed by atoms with Gasteiger partial charge in [-0.2, -0.15) is 4.31 Å². The van der Waals surface area contributed by atoms with Crippen LogP contribution in [0.2, 0.25) is 0 Å². The summed E-state index contributed by atoms with van der Waals surface area (Å²) in [4.78, 5) is 42.0. The highest BCUT2D eigenvalue weighted by Crippen LogP contribution is 2.24. The van der Waals surface area contributed by atoms with Crippen LogP contribution >= 0.6 is 0 Å². The minimum atomic E-state index is -3.63. The molecule has 3 N–H and O–H groups in total. The van der Waals surface area contributed by atoms with Crippen molar-refractivity contribution in [1.29, 1.82) is 0 Å². The number of imide groups is 1. The van der Waals surface area contributed by atoms with Gasteiger partial charge in [-0.3, -0.25) is 14.5 Å². The molecule has 3 heterocycles. The van der Waals surface area contributed by atoms with Crippen molar-refractivity contribution in [2.24, 2.45) is 0 Å². The fourth-order valence-corrected chi connectivity index (χ4v) is 6.10. The number of sulfonamides is 1. The fourth-order valence-electron chi connectivity index (χ4n) is 4.54. The summed E-state index contributed by atoms with van der Waals surface area (Å²) in [7, 11) is -3.63. The second kappa shape index (κ2) is 9.16. The Morgan fingerprint density at radius 2 is 1.83 bits per heavy atom. The summed E-state index contributed by atoms with van der Waals surface area (Å²) in [6.45, 7) is 0.480. The van der Waals surface area contributed by atoms with Crippen molar-refractivity contribution in [3.63, 3.8) is 0 Å². The molecule has 182 valence electrons. The number of hydrogen-bond acceptors (Lipinski definition) is 5. The predicted molar refractivity (Wildman–Crippen MR) is 129 cm³/mol. The minimum absolute atomic E-state index is 0.0889. The van der Waals surface area contributed by atoms with Gasteiger partial charge in [0.15, 0.2) is 0 Å². The number of H-pyrrole nitrogens is 1. The summed E-state index contributed by atoms with van der Waals surface area (Å²) in [6.07, 6.45) is 3.75. The molecule has 3 aromatic rings. The van der Waals surface area contributed by atoms with E-state index < -0.39 is 40.5 Å². The Morgan fingerprint density at radius 3 is 2.63 bits per heavy atom. The molecule has 0 bridgehead atoms. The van der Waals surface area contributed by atoms with Crippen LogP contribution in [0.1, 0.15) is 18.4 Å². The Kier molecular flexibility index (Phi) is 6.03. The van der Waals surface area contributed by atoms with Crippen molar-refractivity contribution in [3.8, 4) is 0 Å². The van der Waals surface area contributed by atoms with Gasteiger partial charge in [0, 0.05) is 42.3 Å². The van der Waals surface area contributed by atoms with Crippen LogP contribution in [0.3, 0.4) is 0 Å². The Bertz CT molecular complexity index is 1410. The molecule has 0 unspecified atom stereocenters. The number of amides is 4. The van der Waals surface area contributed by atoms with Crippen LogP contribution < -0.4 is 10.6 Å². The molecule has 0 radical (unpaired) electrons. The van der Waals surface area contributed by atoms with Gasteiger partial charge in [-0.15, -0.1) is 0 Å². The average molecular weight is 496 g/mol. The third-order valence-electron chi connectivity index (χ3n) is 6.33. The first-order valence-corrected chi connectivity index (χ1v) is 12.8. The van der Waals surface area contributed by atoms with Crippen molar-refractivity contribution in [2.75, 3.05) is 25.0 Å². The van der Waals surface area contributed by atoms with E-state index in [1.165, 1.54) is 16.4 Å². The number of fused-ring (bicyclic) bond motifs is 1. The zero-order chi connectivity index (χ0) is 24.6. The largest absolute Gasteiger partial charge is 0.361 e. The monoisotopic (exact) mass is 495 g/mol. The van der Waals surface area contributed by atoms with Gasteiger partial charge in [-0.1, -0.05) is 24.3 Å². The molecule has 2 aliphatic heterocycles. The Labute approximate surface area is 202 Å². The number of urea groups is 1. The summed E-state index contributed by atoms with van der Waals surface area (Å²) in [5.41, 5.74) is 2.10. The van der Waals surface area contributed by atoms with Gasteiger partial charge in [-0.05, 0) is 42.7 Å². The number of hydrogen-bond donors (Lipinski definition) is 3. The zero-order valence-electron chi connectivity index (χ0n) is 18.9. The van der Waals surface area contributed by atoms with E-state index in [2.05, 4.69) is 15.6 Å². The SMILES string of the molecule is O=C(CN1C(=O)N[C@H](Cc2c[nH]c3ccccc23)C1=O)Nc1cccc(S(=O)(=O)N2CCCC2)c1. The van der Waals surface area contributed by atoms with Gasteiger partial charge in [0.2, 0.25) is 15.9 Å². The van der Waals surface area contributed by atoms with E-state index in [0.29, 0.717) is 19.5 Å². The van der Waals surface area contributed by atoms with Crippen molar-refractivity contribution < 1.29 is 22.8 Å². The van der Waals surface area contributed by atoms with Crippen LogP contribution in [-0.4, -0.2) is 66.1 Å². The highest BCUT2D eigenvalue weighted by Gasteiger charge is 2.39. The zero-order valence-corrected chi connectivity index (χ0v) is 19.7. The summed E-state index contributed by atoms with van der Waals surface area (Å²) >= 11 is 0. The molecule has 0 saturated carbocycles. The Balaban J connectivity index is 1.24. The number of rotatable bonds is 7. The first-order chi connectivity index (χ1) is 16.8. The van der Waals surface area contributed by atoms with E-state index >= 15 is 0 Å². The van der Waals surface area contributed by atoms with Crippen LogP contribution in [0.15, 0.2) is 59.6 Å². The first kappa shape index (κ1) is 23.1. The van der Waals surface area contributed by atoms with E-state index in [0.717, 1.165) is 34.2 Å². The highest BCUT2D eigenvalue weighted by molar-refractivity contribution is 7.89. The molecule has 35 heavy (non-hydrogen) atoms. The quantitative estimate of drug-likeness (QED) is 0.432. The van der Waals surface area contributed by atoms with Crippen molar-refractivity contribution in [3.05, 3.63) is 60.3 Å². The van der Waals surface area contributed by atoms with Gasteiger partial charge in [-0.25, -0.2) is 13.2 Å². The highest BCUT2D eigenvalue weighted by atomic mass is 32.2. The second-order valence-corrected chi connectivity index (χ2v) is 10.6. The lowest BCUT2D eigenvalue weighted by atomic mass is 10.1. The van der Waals surface area contributed by atoms with Crippen molar-refractivity contribution in [1.82, 2.24) is 19.5 Å². The molecule has 2 aromatic carbocycles. The van der Waals surface area contributed by atoms with E-state index in [4.69, 9.17) is 0 Å². The molecule has 2 aliphatic rings. The minimum Gasteiger partial charge on any atom is -0.361 e. The van der Waals surface area contributed by atoms with Gasteiger partial charge in [0.1, 0.15) is 12.6 Å². The molecule has 11 heteroatoms. The van der Waals surface area contributed by atoms with Crippen molar-refractivity contribution in [2.45, 2.75) is 30.2 Å². The summed E-state index contributed by atoms with van der Waals surface area (Å²) < 4.78 is 27.0. The summed E-state index contributed by atoms with van der Waals surface area (Å²) in [5.74, 6) is -1.09. The number of carbonyl (C=O) groups excluding carboxylic acids is 3. The molecule has 0 aliphatic carbocycles. The standard InChI is InChI=1S/C24H25N5O5S/c30-22(26-17-6-5-7-18(13-17)35(33,34)28-10-3-4-11-28)15-29-23(31)21(27-24(29)32)12-16-14-25-20-9-2-1-8-19(16)20/h1-2,5-9,13-14,21,25H,3-4,10-12,15H2,(H,26,30)(H,27,32)/t21-/m1/s1. The fraction of sp³-hybridized carbons (Fsp3) is 0.292. The lowest BCUT2D eigenvalue weighted by Crippen LogP contribution is -2.38. The molecular formula is C24H25N5O5S. The predicted octanol–water partition coefficient (Wildman–Crippen LogP) is 2.05. The van der Waals surface area contributed by atoms with E-state index in [-0.39, 0.29) is 10.6 Å². The molecule has 1 atom stereocenters. The molecule has 2 saturated heterocycles. The molecular weight excluding hydrogens is 470 g/mol. The normalized spacial score (nSPS) is 18.9. The van der Waals surface area contributed by atoms with Gasteiger partial charge < -0.3 is 15.6 Å². The van der Waals surface area contributed by atoms with Crippen LogP contribution in [0.25, 0.3) is 10.9 Å². The number of benzene rings is 2. The topological polar surface area (TPSA) is 132 Å². The molecule has 2 fully saturated rings. The maximum Gasteiger partial charge on any atom is 0.325 e. The van der Waals surface area contributed by atoms with Crippen LogP contribution in [0, 0.1) is 0 Å². The van der Waals surface area contributed by atoms with E-state index in [1.54, 1.807) is 12.1 Å². The van der Waals surface area contributed by atoms with Gasteiger partial charge in [0.25, 0.3) is 5.91 Å². The summed E-state index contributed by atoms with van der Waals surface area (Å²) in [5, 5.41) is 6.21. The average Bonchev–Trinajstić information content (AvgIpc) is 3.58. The second-order valence-electron chi connectivity index (χ2n) is 8.68. The van der Waals surface area contributed by atoms with Crippen LogP contribution in [-0.2, 0) is 26.0 Å². The maximum atomic E-state index is 12.9. The van der Waals surface area contributed by atoms with E-state index in [9.17, 15) is 22.8 Å². The smallest absolute Gasteiger partial charge is 0.325 e. The first-order valence-electron chi connectivity index (χ1n) is 11.4. The Morgan fingerprint density at radius 1 is 1.06 bits per heavy atom. The molecule has 10 nitrogen and oxygen atoms in total. The molecule has 0 spiro atoms. The number of aromatic amines is 1. The van der Waals surface area contributed by atoms with Crippen LogP contribution in [0.4, 0.5) is 10.5 Å². The number of para-hydroxylation sites is 1. The molecule has 1 aromatic heterocycles. The van der Waals surface area contributed by atoms with Crippen LogP contribution in [0.5, 0.6) is 0 Å². The number of aromatic nitrogens is 1. The maximum absolute atomic E-state index is 12.9. The molecule has 5 rings (SSSR count). The number of carbonyl (C=O) groups is 3. The number of nitrogens with one attached hydrogen (secondary N) is 3.